The summed E-state index contributed by atoms with van der Waals surface area (Å²) in [4.78, 5) is 9.92. The molecule has 0 bridgehead atoms. The number of carbonyl (C=O) groups excluding carboxylic acids is 1. The van der Waals surface area contributed by atoms with Crippen LogP contribution in [0.25, 0.3) is 0 Å². The van der Waals surface area contributed by atoms with Gasteiger partial charge in [-0.2, -0.15) is 12.6 Å². The largest absolute Gasteiger partial charge is 0.303 e. The Bertz CT molecular complexity index is 50.0. The van der Waals surface area contributed by atoms with Gasteiger partial charge in [-0.1, -0.05) is 6.92 Å². The summed E-state index contributed by atoms with van der Waals surface area (Å²) in [6.45, 7) is 1.98. The van der Waals surface area contributed by atoms with Gasteiger partial charge in [0.1, 0.15) is 6.29 Å². The van der Waals surface area contributed by atoms with Gasteiger partial charge < -0.3 is 4.79 Å². The van der Waals surface area contributed by atoms with E-state index in [0.29, 0.717) is 5.75 Å². The third-order valence-electron chi connectivity index (χ3n) is 0.951. The number of aldehydes is 1. The normalized spacial score (nSPS) is 13.4. The van der Waals surface area contributed by atoms with Gasteiger partial charge in [-0.3, -0.25) is 0 Å². The third kappa shape index (κ3) is 2.68. The summed E-state index contributed by atoms with van der Waals surface area (Å²) in [6.07, 6.45) is 1.86. The monoisotopic (exact) mass is 118 g/mol. The van der Waals surface area contributed by atoms with Crippen LogP contribution in [0.15, 0.2) is 0 Å². The van der Waals surface area contributed by atoms with Crippen molar-refractivity contribution in [1.29, 1.82) is 0 Å². The number of rotatable bonds is 3. The lowest BCUT2D eigenvalue weighted by Gasteiger charge is -1.96. The molecule has 0 aliphatic carbocycles. The van der Waals surface area contributed by atoms with Crippen LogP contribution in [-0.4, -0.2) is 12.0 Å². The van der Waals surface area contributed by atoms with Crippen molar-refractivity contribution in [2.75, 3.05) is 5.75 Å². The summed E-state index contributed by atoms with van der Waals surface area (Å²) >= 11 is 3.94. The molecule has 0 aliphatic rings. The maximum Gasteiger partial charge on any atom is 0.123 e. The molecule has 0 heterocycles. The molecule has 0 N–H and O–H groups in total. The maximum absolute atomic E-state index is 9.92. The molecule has 42 valence electrons. The van der Waals surface area contributed by atoms with E-state index in [-0.39, 0.29) is 5.92 Å². The molecule has 7 heavy (non-hydrogen) atoms. The van der Waals surface area contributed by atoms with Crippen molar-refractivity contribution in [3.8, 4) is 0 Å². The van der Waals surface area contributed by atoms with Gasteiger partial charge in [0.05, 0.1) is 0 Å². The highest BCUT2D eigenvalue weighted by Crippen LogP contribution is 1.98. The van der Waals surface area contributed by atoms with Gasteiger partial charge in [-0.25, -0.2) is 0 Å². The summed E-state index contributed by atoms with van der Waals surface area (Å²) in [5.74, 6) is 0.850. The topological polar surface area (TPSA) is 17.1 Å². The first kappa shape index (κ1) is 7.02. The van der Waals surface area contributed by atoms with E-state index in [0.717, 1.165) is 12.7 Å². The minimum Gasteiger partial charge on any atom is -0.303 e. The molecule has 1 atom stereocenters. The predicted molar refractivity (Wildman–Crippen MR) is 33.7 cm³/mol. The number of hydrogen-bond donors (Lipinski definition) is 1. The molecule has 0 aromatic heterocycles. The van der Waals surface area contributed by atoms with E-state index in [1.165, 1.54) is 0 Å². The Morgan fingerprint density at radius 2 is 2.43 bits per heavy atom. The number of carbonyl (C=O) groups is 1. The maximum atomic E-state index is 9.92. The van der Waals surface area contributed by atoms with Crippen LogP contribution in [0.1, 0.15) is 13.3 Å². The van der Waals surface area contributed by atoms with E-state index in [2.05, 4.69) is 12.6 Å². The van der Waals surface area contributed by atoms with Crippen molar-refractivity contribution in [1.82, 2.24) is 0 Å². The van der Waals surface area contributed by atoms with Gasteiger partial charge in [0.2, 0.25) is 0 Å². The minimum absolute atomic E-state index is 0.170. The van der Waals surface area contributed by atoms with Gasteiger partial charge in [0.25, 0.3) is 0 Å². The third-order valence-corrected chi connectivity index (χ3v) is 1.42. The first-order valence-electron chi connectivity index (χ1n) is 2.41. The van der Waals surface area contributed by atoms with Crippen molar-refractivity contribution < 1.29 is 4.79 Å². The highest BCUT2D eigenvalue weighted by atomic mass is 32.1. The fourth-order valence-electron chi connectivity index (χ4n) is 0.268. The lowest BCUT2D eigenvalue weighted by molar-refractivity contribution is -0.110. The van der Waals surface area contributed by atoms with E-state index >= 15 is 0 Å². The van der Waals surface area contributed by atoms with Gasteiger partial charge in [-0.15, -0.1) is 0 Å². The first-order valence-corrected chi connectivity index (χ1v) is 3.04. The van der Waals surface area contributed by atoms with E-state index in [4.69, 9.17) is 0 Å². The highest BCUT2D eigenvalue weighted by molar-refractivity contribution is 7.80. The average Bonchev–Trinajstić information content (AvgIpc) is 1.72. The molecule has 0 aromatic carbocycles. The van der Waals surface area contributed by atoms with Crippen LogP contribution in [0.3, 0.4) is 0 Å². The predicted octanol–water partition coefficient (Wildman–Crippen LogP) is 1.14. The Labute approximate surface area is 49.5 Å². The van der Waals surface area contributed by atoms with Gasteiger partial charge in [-0.05, 0) is 12.2 Å². The second-order valence-corrected chi connectivity index (χ2v) is 1.85. The van der Waals surface area contributed by atoms with Crippen LogP contribution in [0.2, 0.25) is 0 Å². The molecule has 0 aliphatic heterocycles. The summed E-state index contributed by atoms with van der Waals surface area (Å²) in [5.41, 5.74) is 0. The first-order chi connectivity index (χ1) is 3.35. The fraction of sp³-hybridized carbons (Fsp3) is 0.800. The Balaban J connectivity index is 3.16. The zero-order valence-corrected chi connectivity index (χ0v) is 5.32. The van der Waals surface area contributed by atoms with Gasteiger partial charge in [0, 0.05) is 5.92 Å². The Morgan fingerprint density at radius 1 is 1.86 bits per heavy atom. The van der Waals surface area contributed by atoms with Crippen molar-refractivity contribution >= 4 is 18.9 Å². The van der Waals surface area contributed by atoms with Crippen molar-refractivity contribution in [3.05, 3.63) is 0 Å². The van der Waals surface area contributed by atoms with E-state index in [1.807, 2.05) is 6.92 Å². The van der Waals surface area contributed by atoms with E-state index in [9.17, 15) is 4.79 Å². The molecule has 0 saturated carbocycles. The van der Waals surface area contributed by atoms with Crippen LogP contribution in [0.4, 0.5) is 0 Å². The van der Waals surface area contributed by atoms with Crippen LogP contribution >= 0.6 is 12.6 Å². The molecule has 0 saturated heterocycles. The molecule has 0 spiro atoms. The molecule has 0 aromatic rings. The smallest absolute Gasteiger partial charge is 0.123 e. The molecule has 2 heteroatoms. The Morgan fingerprint density at radius 3 is 2.43 bits per heavy atom. The van der Waals surface area contributed by atoms with Gasteiger partial charge in [0.15, 0.2) is 0 Å². The standard InChI is InChI=1S/C5H10OS/c1-2-5(3-6)4-7/h3,5,7H,2,4H2,1H3. The number of hydrogen-bond acceptors (Lipinski definition) is 2. The zero-order valence-electron chi connectivity index (χ0n) is 4.42. The summed E-state index contributed by atoms with van der Waals surface area (Å²) in [7, 11) is 0. The Hall–Kier alpha value is 0.0200. The summed E-state index contributed by atoms with van der Waals surface area (Å²) in [6, 6.07) is 0. The van der Waals surface area contributed by atoms with Crippen molar-refractivity contribution in [3.63, 3.8) is 0 Å². The fourth-order valence-corrected chi connectivity index (χ4v) is 0.613. The number of thiol groups is 1. The van der Waals surface area contributed by atoms with Crippen LogP contribution in [-0.2, 0) is 4.79 Å². The Kier molecular flexibility index (Phi) is 4.20. The summed E-state index contributed by atoms with van der Waals surface area (Å²) in [5, 5.41) is 0. The quantitative estimate of drug-likeness (QED) is 0.434. The molecule has 1 unspecified atom stereocenters. The van der Waals surface area contributed by atoms with Crippen LogP contribution in [0.5, 0.6) is 0 Å². The zero-order chi connectivity index (χ0) is 5.70. The molecular weight excluding hydrogens is 108 g/mol. The lowest BCUT2D eigenvalue weighted by atomic mass is 10.1. The van der Waals surface area contributed by atoms with Crippen LogP contribution < -0.4 is 0 Å². The average molecular weight is 118 g/mol. The molecular formula is C5H10OS. The van der Waals surface area contributed by atoms with E-state index < -0.39 is 0 Å². The lowest BCUT2D eigenvalue weighted by Crippen LogP contribution is -2.00. The second-order valence-electron chi connectivity index (χ2n) is 1.49. The minimum atomic E-state index is 0.170. The van der Waals surface area contributed by atoms with Gasteiger partial charge >= 0.3 is 0 Å². The molecule has 1 nitrogen and oxygen atoms in total. The van der Waals surface area contributed by atoms with Crippen molar-refractivity contribution in [2.24, 2.45) is 5.92 Å². The SMILES string of the molecule is CCC(C=O)CS. The molecule has 0 fully saturated rings. The van der Waals surface area contributed by atoms with Crippen LogP contribution in [0, 0.1) is 5.92 Å². The second kappa shape index (κ2) is 4.19. The molecule has 0 radical (unpaired) electrons. The molecule has 0 rings (SSSR count). The molecule has 0 amide bonds. The highest BCUT2D eigenvalue weighted by Gasteiger charge is 1.97. The van der Waals surface area contributed by atoms with E-state index in [1.54, 1.807) is 0 Å². The van der Waals surface area contributed by atoms with Crippen molar-refractivity contribution in [2.45, 2.75) is 13.3 Å². The summed E-state index contributed by atoms with van der Waals surface area (Å²) < 4.78 is 0.